The largest absolute Gasteiger partial charge is 0.480 e. The first kappa shape index (κ1) is 17.9. The molecule has 0 spiro atoms. The van der Waals surface area contributed by atoms with Gasteiger partial charge in [0.25, 0.3) is 0 Å². The third-order valence-corrected chi connectivity index (χ3v) is 3.17. The van der Waals surface area contributed by atoms with E-state index in [0.717, 1.165) is 12.8 Å². The maximum atomic E-state index is 11.9. The molecule has 0 saturated heterocycles. The molecular formula is C14H28N2O3. The number of nitrogens with one attached hydrogen (secondary N) is 2. The molecule has 0 aliphatic carbocycles. The molecule has 0 aliphatic rings. The van der Waals surface area contributed by atoms with Crippen molar-refractivity contribution in [3.05, 3.63) is 0 Å². The van der Waals surface area contributed by atoms with E-state index in [-0.39, 0.29) is 5.91 Å². The minimum Gasteiger partial charge on any atom is -0.480 e. The van der Waals surface area contributed by atoms with Crippen molar-refractivity contribution in [2.45, 2.75) is 65.5 Å². The van der Waals surface area contributed by atoms with E-state index in [4.69, 9.17) is 0 Å². The summed E-state index contributed by atoms with van der Waals surface area (Å²) >= 11 is 0. The first-order valence-corrected chi connectivity index (χ1v) is 7.01. The van der Waals surface area contributed by atoms with Crippen LogP contribution in [0.2, 0.25) is 0 Å². The summed E-state index contributed by atoms with van der Waals surface area (Å²) in [6.45, 7) is 10.1. The Morgan fingerprint density at radius 3 is 2.26 bits per heavy atom. The summed E-state index contributed by atoms with van der Waals surface area (Å²) in [6, 6.07) is -0.514. The summed E-state index contributed by atoms with van der Waals surface area (Å²) in [6.07, 6.45) is 2.16. The van der Waals surface area contributed by atoms with Crippen LogP contribution in [0.15, 0.2) is 0 Å². The molecule has 0 saturated carbocycles. The number of hydrogen-bond acceptors (Lipinski definition) is 3. The zero-order chi connectivity index (χ0) is 15.1. The van der Waals surface area contributed by atoms with Crippen molar-refractivity contribution in [2.75, 3.05) is 6.54 Å². The second-order valence-corrected chi connectivity index (χ2v) is 5.73. The monoisotopic (exact) mass is 272 g/mol. The van der Waals surface area contributed by atoms with Gasteiger partial charge in [0.15, 0.2) is 0 Å². The Morgan fingerprint density at radius 2 is 1.84 bits per heavy atom. The fourth-order valence-electron chi connectivity index (χ4n) is 1.92. The fraction of sp³-hybridized carbons (Fsp3) is 0.857. The molecule has 2 unspecified atom stereocenters. The molecule has 0 aromatic carbocycles. The molecule has 0 radical (unpaired) electrons. The molecule has 0 fully saturated rings. The van der Waals surface area contributed by atoms with E-state index in [1.807, 2.05) is 6.92 Å². The standard InChI is InChI=1S/C14H28N2O3/c1-6-8-14(5,13(18)19)16-11(4)12(17)15-9-7-10(2)3/h10-11,16H,6-9H2,1-5H3,(H,15,17)(H,18,19). The molecule has 19 heavy (non-hydrogen) atoms. The summed E-state index contributed by atoms with van der Waals surface area (Å²) in [4.78, 5) is 23.1. The van der Waals surface area contributed by atoms with Crippen LogP contribution in [0.5, 0.6) is 0 Å². The number of hydrogen-bond donors (Lipinski definition) is 3. The average molecular weight is 272 g/mol. The Morgan fingerprint density at radius 1 is 1.26 bits per heavy atom. The highest BCUT2D eigenvalue weighted by Crippen LogP contribution is 2.13. The van der Waals surface area contributed by atoms with E-state index >= 15 is 0 Å². The second-order valence-electron chi connectivity index (χ2n) is 5.73. The van der Waals surface area contributed by atoms with Crippen LogP contribution in [0.3, 0.4) is 0 Å². The number of amides is 1. The molecular weight excluding hydrogens is 244 g/mol. The number of aliphatic carboxylic acids is 1. The number of carboxylic acids is 1. The zero-order valence-corrected chi connectivity index (χ0v) is 12.7. The third-order valence-electron chi connectivity index (χ3n) is 3.17. The molecule has 5 heteroatoms. The van der Waals surface area contributed by atoms with Gasteiger partial charge >= 0.3 is 5.97 Å². The predicted octanol–water partition coefficient (Wildman–Crippen LogP) is 1.77. The molecule has 0 aromatic heterocycles. The van der Waals surface area contributed by atoms with Gasteiger partial charge in [0.05, 0.1) is 6.04 Å². The molecule has 0 rings (SSSR count). The number of carboxylic acid groups (broad SMARTS) is 1. The van der Waals surface area contributed by atoms with Gasteiger partial charge in [0.2, 0.25) is 5.91 Å². The molecule has 0 bridgehead atoms. The Bertz CT molecular complexity index is 305. The molecule has 2 atom stereocenters. The van der Waals surface area contributed by atoms with Crippen LogP contribution in [0.1, 0.15) is 53.9 Å². The van der Waals surface area contributed by atoms with Crippen molar-refractivity contribution < 1.29 is 14.7 Å². The summed E-state index contributed by atoms with van der Waals surface area (Å²) < 4.78 is 0. The van der Waals surface area contributed by atoms with E-state index < -0.39 is 17.6 Å². The maximum absolute atomic E-state index is 11.9. The van der Waals surface area contributed by atoms with Crippen LogP contribution in [0.4, 0.5) is 0 Å². The summed E-state index contributed by atoms with van der Waals surface area (Å²) in [5.41, 5.74) is -1.05. The molecule has 0 aromatic rings. The molecule has 5 nitrogen and oxygen atoms in total. The number of carbonyl (C=O) groups is 2. The third kappa shape index (κ3) is 6.57. The highest BCUT2D eigenvalue weighted by atomic mass is 16.4. The van der Waals surface area contributed by atoms with E-state index in [2.05, 4.69) is 24.5 Å². The first-order chi connectivity index (χ1) is 8.73. The second kappa shape index (κ2) is 8.15. The van der Waals surface area contributed by atoms with Crippen molar-refractivity contribution in [3.63, 3.8) is 0 Å². The Hall–Kier alpha value is -1.10. The lowest BCUT2D eigenvalue weighted by molar-refractivity contribution is -0.145. The van der Waals surface area contributed by atoms with Gasteiger partial charge in [0, 0.05) is 6.54 Å². The lowest BCUT2D eigenvalue weighted by atomic mass is 9.95. The van der Waals surface area contributed by atoms with Gasteiger partial charge in [-0.25, -0.2) is 0 Å². The van der Waals surface area contributed by atoms with Crippen molar-refractivity contribution in [1.82, 2.24) is 10.6 Å². The quantitative estimate of drug-likeness (QED) is 0.598. The van der Waals surface area contributed by atoms with Crippen molar-refractivity contribution >= 4 is 11.9 Å². The smallest absolute Gasteiger partial charge is 0.323 e. The van der Waals surface area contributed by atoms with Gasteiger partial charge < -0.3 is 10.4 Å². The maximum Gasteiger partial charge on any atom is 0.323 e. The van der Waals surface area contributed by atoms with E-state index in [9.17, 15) is 14.7 Å². The van der Waals surface area contributed by atoms with Gasteiger partial charge in [-0.2, -0.15) is 0 Å². The highest BCUT2D eigenvalue weighted by molar-refractivity contribution is 5.84. The Kier molecular flexibility index (Phi) is 7.68. The fourth-order valence-corrected chi connectivity index (χ4v) is 1.92. The van der Waals surface area contributed by atoms with Gasteiger partial charge in [-0.15, -0.1) is 0 Å². The average Bonchev–Trinajstić information content (AvgIpc) is 2.28. The van der Waals surface area contributed by atoms with E-state index in [1.54, 1.807) is 13.8 Å². The molecule has 3 N–H and O–H groups in total. The molecule has 0 aliphatic heterocycles. The normalized spacial score (nSPS) is 15.9. The predicted molar refractivity (Wildman–Crippen MR) is 76.0 cm³/mol. The molecule has 1 amide bonds. The lowest BCUT2D eigenvalue weighted by Crippen LogP contribution is -2.57. The number of carbonyl (C=O) groups excluding carboxylic acids is 1. The minimum atomic E-state index is -1.05. The van der Waals surface area contributed by atoms with Crippen LogP contribution < -0.4 is 10.6 Å². The zero-order valence-electron chi connectivity index (χ0n) is 12.7. The van der Waals surface area contributed by atoms with Crippen molar-refractivity contribution in [2.24, 2.45) is 5.92 Å². The van der Waals surface area contributed by atoms with Crippen LogP contribution in [-0.2, 0) is 9.59 Å². The van der Waals surface area contributed by atoms with Gasteiger partial charge in [-0.3, -0.25) is 14.9 Å². The summed E-state index contributed by atoms with van der Waals surface area (Å²) in [7, 11) is 0. The molecule has 0 heterocycles. The minimum absolute atomic E-state index is 0.149. The van der Waals surface area contributed by atoms with Gasteiger partial charge in [-0.1, -0.05) is 27.2 Å². The van der Waals surface area contributed by atoms with Crippen molar-refractivity contribution in [3.8, 4) is 0 Å². The summed E-state index contributed by atoms with van der Waals surface area (Å²) in [5.74, 6) is -0.534. The van der Waals surface area contributed by atoms with Crippen LogP contribution in [0, 0.1) is 5.92 Å². The Balaban J connectivity index is 4.36. The number of rotatable bonds is 9. The van der Waals surface area contributed by atoms with E-state index in [1.165, 1.54) is 0 Å². The Labute approximate surface area is 116 Å². The molecule has 112 valence electrons. The highest BCUT2D eigenvalue weighted by Gasteiger charge is 2.34. The van der Waals surface area contributed by atoms with Gasteiger partial charge in [0.1, 0.15) is 5.54 Å². The van der Waals surface area contributed by atoms with Crippen LogP contribution in [-0.4, -0.2) is 35.1 Å². The van der Waals surface area contributed by atoms with Crippen LogP contribution >= 0.6 is 0 Å². The van der Waals surface area contributed by atoms with Gasteiger partial charge in [-0.05, 0) is 32.6 Å². The SMILES string of the molecule is CCCC(C)(NC(C)C(=O)NCCC(C)C)C(=O)O. The lowest BCUT2D eigenvalue weighted by Gasteiger charge is -2.29. The van der Waals surface area contributed by atoms with E-state index in [0.29, 0.717) is 18.9 Å². The summed E-state index contributed by atoms with van der Waals surface area (Å²) in [5, 5.41) is 15.0. The first-order valence-electron chi connectivity index (χ1n) is 7.01. The van der Waals surface area contributed by atoms with Crippen LogP contribution in [0.25, 0.3) is 0 Å². The topological polar surface area (TPSA) is 78.4 Å². The van der Waals surface area contributed by atoms with Crippen molar-refractivity contribution in [1.29, 1.82) is 0 Å².